The van der Waals surface area contributed by atoms with Crippen LogP contribution in [0.2, 0.25) is 0 Å². The number of rotatable bonds is 7. The normalized spacial score (nSPS) is 17.2. The molecule has 1 amide bonds. The van der Waals surface area contributed by atoms with E-state index in [0.29, 0.717) is 30.9 Å². The maximum atomic E-state index is 12.9. The van der Waals surface area contributed by atoms with Gasteiger partial charge in [-0.05, 0) is 50.2 Å². The van der Waals surface area contributed by atoms with Crippen molar-refractivity contribution in [1.29, 1.82) is 0 Å². The van der Waals surface area contributed by atoms with Crippen LogP contribution in [0.3, 0.4) is 0 Å². The quantitative estimate of drug-likeness (QED) is 0.384. The molecule has 1 heterocycles. The summed E-state index contributed by atoms with van der Waals surface area (Å²) >= 11 is 0. The van der Waals surface area contributed by atoms with E-state index in [1.807, 2.05) is 19.1 Å². The second-order valence-electron chi connectivity index (χ2n) is 7.88. The lowest BCUT2D eigenvalue weighted by Gasteiger charge is -2.43. The summed E-state index contributed by atoms with van der Waals surface area (Å²) in [5.41, 5.74) is 1.39. The molecule has 1 fully saturated rings. The van der Waals surface area contributed by atoms with Crippen LogP contribution in [0.5, 0.6) is 5.75 Å². The third-order valence-corrected chi connectivity index (χ3v) is 5.87. The van der Waals surface area contributed by atoms with Gasteiger partial charge in [-0.3, -0.25) is 19.8 Å². The van der Waals surface area contributed by atoms with Crippen molar-refractivity contribution in [3.63, 3.8) is 0 Å². The largest absolute Gasteiger partial charge is 0.496 e. The van der Waals surface area contributed by atoms with Gasteiger partial charge in [0, 0.05) is 31.4 Å². The third kappa shape index (κ3) is 5.40. The SMILES string of the molecule is COC(=O)c1ccc(N2CCN(C(C)C(=O)Nc3ccc(OC)cc3[N+](=O)[O-])C(C)C2)cc1. The molecule has 1 aliphatic heterocycles. The number of ether oxygens (including phenoxy) is 2. The van der Waals surface area contributed by atoms with Crippen LogP contribution in [0, 0.1) is 10.1 Å². The van der Waals surface area contributed by atoms with Gasteiger partial charge < -0.3 is 19.7 Å². The van der Waals surface area contributed by atoms with E-state index < -0.39 is 11.0 Å². The molecule has 2 aromatic carbocycles. The lowest BCUT2D eigenvalue weighted by atomic mass is 10.1. The summed E-state index contributed by atoms with van der Waals surface area (Å²) in [5.74, 6) is -0.347. The Kier molecular flexibility index (Phi) is 7.49. The minimum Gasteiger partial charge on any atom is -0.496 e. The minimum atomic E-state index is -0.546. The summed E-state index contributed by atoms with van der Waals surface area (Å²) in [6.45, 7) is 5.86. The average Bonchev–Trinajstić information content (AvgIpc) is 2.83. The number of nitro groups is 1. The Morgan fingerprint density at radius 1 is 1.15 bits per heavy atom. The van der Waals surface area contributed by atoms with Crippen LogP contribution in [-0.2, 0) is 9.53 Å². The van der Waals surface area contributed by atoms with E-state index in [4.69, 9.17) is 9.47 Å². The van der Waals surface area contributed by atoms with Gasteiger partial charge >= 0.3 is 5.97 Å². The summed E-state index contributed by atoms with van der Waals surface area (Å²) in [4.78, 5) is 39.7. The van der Waals surface area contributed by atoms with Crippen molar-refractivity contribution < 1.29 is 24.0 Å². The highest BCUT2D eigenvalue weighted by atomic mass is 16.6. The van der Waals surface area contributed by atoms with E-state index >= 15 is 0 Å². The molecule has 10 nitrogen and oxygen atoms in total. The number of benzene rings is 2. The number of piperazine rings is 1. The van der Waals surface area contributed by atoms with Crippen LogP contribution in [0.15, 0.2) is 42.5 Å². The molecule has 2 atom stereocenters. The molecule has 1 saturated heterocycles. The molecule has 0 aliphatic carbocycles. The second-order valence-corrected chi connectivity index (χ2v) is 7.88. The molecule has 0 radical (unpaired) electrons. The topological polar surface area (TPSA) is 114 Å². The number of hydrogen-bond acceptors (Lipinski definition) is 8. The van der Waals surface area contributed by atoms with Gasteiger partial charge in [-0.15, -0.1) is 0 Å². The average molecular weight is 456 g/mol. The Labute approximate surface area is 192 Å². The molecule has 2 aromatic rings. The Morgan fingerprint density at radius 3 is 2.42 bits per heavy atom. The number of anilines is 2. The highest BCUT2D eigenvalue weighted by Crippen LogP contribution is 2.29. The molecule has 10 heteroatoms. The number of nitro benzene ring substituents is 1. The molecule has 176 valence electrons. The van der Waals surface area contributed by atoms with E-state index in [-0.39, 0.29) is 29.3 Å². The van der Waals surface area contributed by atoms with E-state index in [2.05, 4.69) is 15.1 Å². The van der Waals surface area contributed by atoms with Crippen LogP contribution < -0.4 is 15.0 Å². The maximum absolute atomic E-state index is 12.9. The lowest BCUT2D eigenvalue weighted by Crippen LogP contribution is -2.57. The van der Waals surface area contributed by atoms with Crippen LogP contribution in [0.25, 0.3) is 0 Å². The van der Waals surface area contributed by atoms with Gasteiger partial charge in [0.2, 0.25) is 5.91 Å². The van der Waals surface area contributed by atoms with Crippen LogP contribution in [0.1, 0.15) is 24.2 Å². The Bertz CT molecular complexity index is 1030. The van der Waals surface area contributed by atoms with Crippen LogP contribution >= 0.6 is 0 Å². The molecule has 0 spiro atoms. The first kappa shape index (κ1) is 24.0. The van der Waals surface area contributed by atoms with Crippen molar-refractivity contribution in [1.82, 2.24) is 4.90 Å². The fourth-order valence-corrected chi connectivity index (χ4v) is 3.99. The van der Waals surface area contributed by atoms with Gasteiger partial charge in [-0.1, -0.05) is 0 Å². The van der Waals surface area contributed by atoms with E-state index in [9.17, 15) is 19.7 Å². The summed E-state index contributed by atoms with van der Waals surface area (Å²) in [5, 5.41) is 14.1. The number of carbonyl (C=O) groups is 2. The van der Waals surface area contributed by atoms with Gasteiger partial charge in [0.05, 0.1) is 36.8 Å². The third-order valence-electron chi connectivity index (χ3n) is 5.87. The zero-order valence-corrected chi connectivity index (χ0v) is 19.1. The fraction of sp³-hybridized carbons (Fsp3) is 0.391. The first-order chi connectivity index (χ1) is 15.7. The first-order valence-corrected chi connectivity index (χ1v) is 10.6. The number of nitrogens with zero attached hydrogens (tertiary/aromatic N) is 3. The molecule has 0 aromatic heterocycles. The maximum Gasteiger partial charge on any atom is 0.337 e. The lowest BCUT2D eigenvalue weighted by molar-refractivity contribution is -0.384. The van der Waals surface area contributed by atoms with Crippen molar-refractivity contribution in [3.05, 3.63) is 58.1 Å². The van der Waals surface area contributed by atoms with Crippen molar-refractivity contribution in [3.8, 4) is 5.75 Å². The van der Waals surface area contributed by atoms with E-state index in [1.165, 1.54) is 26.4 Å². The molecule has 1 N–H and O–H groups in total. The summed E-state index contributed by atoms with van der Waals surface area (Å²) in [6.07, 6.45) is 0. The summed E-state index contributed by atoms with van der Waals surface area (Å²) in [6, 6.07) is 11.1. The molecule has 0 saturated carbocycles. The molecule has 1 aliphatic rings. The van der Waals surface area contributed by atoms with Gasteiger partial charge in [-0.25, -0.2) is 4.79 Å². The predicted octanol–water partition coefficient (Wildman–Crippen LogP) is 2.93. The van der Waals surface area contributed by atoms with Crippen molar-refractivity contribution in [2.24, 2.45) is 0 Å². The van der Waals surface area contributed by atoms with Crippen molar-refractivity contribution in [2.75, 3.05) is 44.1 Å². The Morgan fingerprint density at radius 2 is 1.85 bits per heavy atom. The number of hydrogen-bond donors (Lipinski definition) is 1. The standard InChI is InChI=1S/C23H28N4O6/c1-15-14-25(18-7-5-17(6-8-18)23(29)33-4)11-12-26(15)16(2)22(28)24-20-10-9-19(32-3)13-21(20)27(30)31/h5-10,13,15-16H,11-12,14H2,1-4H3,(H,24,28). The highest BCUT2D eigenvalue weighted by Gasteiger charge is 2.31. The zero-order valence-electron chi connectivity index (χ0n) is 19.1. The Hall–Kier alpha value is -3.66. The number of nitrogens with one attached hydrogen (secondary N) is 1. The number of esters is 1. The van der Waals surface area contributed by atoms with Crippen LogP contribution in [0.4, 0.5) is 17.1 Å². The van der Waals surface area contributed by atoms with E-state index in [0.717, 1.165) is 5.69 Å². The minimum absolute atomic E-state index is 0.0608. The second kappa shape index (κ2) is 10.3. The molecule has 3 rings (SSSR count). The van der Waals surface area contributed by atoms with Crippen molar-refractivity contribution in [2.45, 2.75) is 25.9 Å². The zero-order chi connectivity index (χ0) is 24.1. The smallest absolute Gasteiger partial charge is 0.337 e. The number of amides is 1. The van der Waals surface area contributed by atoms with Gasteiger partial charge in [0.1, 0.15) is 11.4 Å². The number of carbonyl (C=O) groups excluding carboxylic acids is 2. The first-order valence-electron chi connectivity index (χ1n) is 10.6. The molecule has 2 unspecified atom stereocenters. The van der Waals surface area contributed by atoms with E-state index in [1.54, 1.807) is 25.1 Å². The predicted molar refractivity (Wildman–Crippen MR) is 124 cm³/mol. The highest BCUT2D eigenvalue weighted by molar-refractivity contribution is 5.96. The monoisotopic (exact) mass is 456 g/mol. The fourth-order valence-electron chi connectivity index (χ4n) is 3.99. The van der Waals surface area contributed by atoms with Gasteiger partial charge in [0.15, 0.2) is 0 Å². The summed E-state index contributed by atoms with van der Waals surface area (Å²) in [7, 11) is 2.77. The Balaban J connectivity index is 1.65. The summed E-state index contributed by atoms with van der Waals surface area (Å²) < 4.78 is 9.77. The molecule has 0 bridgehead atoms. The van der Waals surface area contributed by atoms with Gasteiger partial charge in [-0.2, -0.15) is 0 Å². The molecule has 33 heavy (non-hydrogen) atoms. The van der Waals surface area contributed by atoms with Gasteiger partial charge in [0.25, 0.3) is 5.69 Å². The molecular weight excluding hydrogens is 428 g/mol. The molecular formula is C23H28N4O6. The van der Waals surface area contributed by atoms with Crippen LogP contribution in [-0.4, -0.2) is 67.6 Å². The number of methoxy groups -OCH3 is 2. The van der Waals surface area contributed by atoms with Crippen molar-refractivity contribution >= 4 is 28.9 Å².